The highest BCUT2D eigenvalue weighted by atomic mass is 32.1. The van der Waals surface area contributed by atoms with E-state index in [0.29, 0.717) is 6.54 Å². The summed E-state index contributed by atoms with van der Waals surface area (Å²) >= 11 is 1.46. The molecule has 0 atom stereocenters. The maximum absolute atomic E-state index is 4.27. The van der Waals surface area contributed by atoms with Gasteiger partial charge in [-0.05, 0) is 24.3 Å². The van der Waals surface area contributed by atoms with Gasteiger partial charge in [0.05, 0.1) is 6.54 Å². The molecule has 22 heavy (non-hydrogen) atoms. The third-order valence-electron chi connectivity index (χ3n) is 3.09. The Labute approximate surface area is 129 Å². The average molecular weight is 309 g/mol. The van der Waals surface area contributed by atoms with Crippen LogP contribution in [0.15, 0.2) is 48.8 Å². The maximum Gasteiger partial charge on any atom is 0.206 e. The van der Waals surface area contributed by atoms with Gasteiger partial charge in [0, 0.05) is 12.4 Å². The summed E-state index contributed by atoms with van der Waals surface area (Å²) in [6.45, 7) is 0.530. The Morgan fingerprint density at radius 3 is 2.86 bits per heavy atom. The zero-order chi connectivity index (χ0) is 14.8. The lowest BCUT2D eigenvalue weighted by atomic mass is 10.4. The topological polar surface area (TPSA) is 80.9 Å². The molecule has 0 amide bonds. The third-order valence-corrected chi connectivity index (χ3v) is 3.99. The van der Waals surface area contributed by atoms with E-state index in [2.05, 4.69) is 30.7 Å². The largest absolute Gasteiger partial charge is 0.353 e. The lowest BCUT2D eigenvalue weighted by Gasteiger charge is -2.00. The molecule has 0 radical (unpaired) electrons. The van der Waals surface area contributed by atoms with Crippen LogP contribution in [0.25, 0.3) is 16.3 Å². The lowest BCUT2D eigenvalue weighted by Crippen LogP contribution is -2.03. The Hall–Kier alpha value is -2.87. The first kappa shape index (κ1) is 12.8. The second-order valence-electron chi connectivity index (χ2n) is 4.53. The Morgan fingerprint density at radius 1 is 1.00 bits per heavy atom. The minimum atomic E-state index is 0.530. The first-order valence-electron chi connectivity index (χ1n) is 6.67. The molecule has 4 heterocycles. The number of fused-ring (bicyclic) bond motifs is 1. The zero-order valence-corrected chi connectivity index (χ0v) is 12.2. The van der Waals surface area contributed by atoms with Crippen LogP contribution < -0.4 is 5.32 Å². The monoisotopic (exact) mass is 309 g/mol. The van der Waals surface area contributed by atoms with Gasteiger partial charge < -0.3 is 5.32 Å². The van der Waals surface area contributed by atoms with E-state index in [1.807, 2.05) is 47.0 Å². The highest BCUT2D eigenvalue weighted by Crippen LogP contribution is 2.24. The quantitative estimate of drug-likeness (QED) is 0.623. The standard InChI is InChI=1S/C14H11N7S/c1-3-7-15-10(5-1)13-19-20-14(22-13)16-9-12-18-17-11-6-2-4-8-21(11)12/h1-8H,9H2,(H,16,20). The fraction of sp³-hybridized carbons (Fsp3) is 0.0714. The molecule has 0 fully saturated rings. The van der Waals surface area contributed by atoms with E-state index >= 15 is 0 Å². The molecule has 0 unspecified atom stereocenters. The molecule has 0 saturated heterocycles. The summed E-state index contributed by atoms with van der Waals surface area (Å²) in [6, 6.07) is 11.5. The number of aromatic nitrogens is 6. The molecule has 8 heteroatoms. The summed E-state index contributed by atoms with van der Waals surface area (Å²) in [5, 5.41) is 21.3. The first-order chi connectivity index (χ1) is 10.9. The molecule has 0 aliphatic rings. The predicted octanol–water partition coefficient (Wildman–Crippen LogP) is 2.25. The van der Waals surface area contributed by atoms with Crippen molar-refractivity contribution in [2.75, 3.05) is 5.32 Å². The SMILES string of the molecule is c1ccc(-c2nnc(NCc3nnc4ccccn34)s2)nc1. The third kappa shape index (κ3) is 2.40. The number of hydrogen-bond donors (Lipinski definition) is 1. The highest BCUT2D eigenvalue weighted by Gasteiger charge is 2.09. The summed E-state index contributed by atoms with van der Waals surface area (Å²) in [5.74, 6) is 0.824. The number of rotatable bonds is 4. The van der Waals surface area contributed by atoms with Crippen molar-refractivity contribution in [1.29, 1.82) is 0 Å². The minimum Gasteiger partial charge on any atom is -0.353 e. The number of pyridine rings is 2. The second kappa shape index (κ2) is 5.49. The van der Waals surface area contributed by atoms with Gasteiger partial charge >= 0.3 is 0 Å². The molecule has 0 aliphatic heterocycles. The molecule has 0 spiro atoms. The van der Waals surface area contributed by atoms with Crippen molar-refractivity contribution in [3.05, 3.63) is 54.6 Å². The van der Waals surface area contributed by atoms with Crippen molar-refractivity contribution >= 4 is 22.1 Å². The molecule has 4 aromatic heterocycles. The van der Waals surface area contributed by atoms with Crippen molar-refractivity contribution in [1.82, 2.24) is 29.8 Å². The molecule has 0 saturated carbocycles. The lowest BCUT2D eigenvalue weighted by molar-refractivity contribution is 0.910. The van der Waals surface area contributed by atoms with Gasteiger partial charge in [-0.3, -0.25) is 9.38 Å². The molecule has 1 N–H and O–H groups in total. The van der Waals surface area contributed by atoms with Gasteiger partial charge in [0.2, 0.25) is 5.13 Å². The average Bonchev–Trinajstić information content (AvgIpc) is 3.21. The fourth-order valence-electron chi connectivity index (χ4n) is 2.05. The number of nitrogens with one attached hydrogen (secondary N) is 1. The van der Waals surface area contributed by atoms with Gasteiger partial charge in [0.25, 0.3) is 0 Å². The van der Waals surface area contributed by atoms with E-state index in [1.54, 1.807) is 6.20 Å². The summed E-state index contributed by atoms with van der Waals surface area (Å²) in [6.07, 6.45) is 3.68. The van der Waals surface area contributed by atoms with Gasteiger partial charge in [-0.2, -0.15) is 0 Å². The van der Waals surface area contributed by atoms with E-state index in [0.717, 1.165) is 27.3 Å². The molecule has 7 nitrogen and oxygen atoms in total. The van der Waals surface area contributed by atoms with Crippen molar-refractivity contribution in [3.63, 3.8) is 0 Å². The smallest absolute Gasteiger partial charge is 0.206 e. The van der Waals surface area contributed by atoms with Crippen LogP contribution in [0.3, 0.4) is 0 Å². The van der Waals surface area contributed by atoms with Gasteiger partial charge in [-0.25, -0.2) is 0 Å². The molecule has 0 aromatic carbocycles. The normalized spacial score (nSPS) is 10.9. The zero-order valence-electron chi connectivity index (χ0n) is 11.4. The molecular formula is C14H11N7S. The van der Waals surface area contributed by atoms with Crippen molar-refractivity contribution in [2.24, 2.45) is 0 Å². The van der Waals surface area contributed by atoms with Gasteiger partial charge in [-0.1, -0.05) is 23.5 Å². The molecule has 0 aliphatic carbocycles. The molecule has 0 bridgehead atoms. The van der Waals surface area contributed by atoms with E-state index < -0.39 is 0 Å². The molecular weight excluding hydrogens is 298 g/mol. The van der Waals surface area contributed by atoms with Crippen LogP contribution in [-0.4, -0.2) is 29.8 Å². The summed E-state index contributed by atoms with van der Waals surface area (Å²) in [4.78, 5) is 4.27. The van der Waals surface area contributed by atoms with Crippen LogP contribution in [0.2, 0.25) is 0 Å². The van der Waals surface area contributed by atoms with Gasteiger partial charge in [-0.15, -0.1) is 20.4 Å². The Bertz CT molecular complexity index is 900. The van der Waals surface area contributed by atoms with Gasteiger partial charge in [0.1, 0.15) is 5.69 Å². The minimum absolute atomic E-state index is 0.530. The van der Waals surface area contributed by atoms with Crippen molar-refractivity contribution in [3.8, 4) is 10.7 Å². The predicted molar refractivity (Wildman–Crippen MR) is 83.5 cm³/mol. The van der Waals surface area contributed by atoms with Crippen molar-refractivity contribution in [2.45, 2.75) is 6.54 Å². The fourth-order valence-corrected chi connectivity index (χ4v) is 2.77. The second-order valence-corrected chi connectivity index (χ2v) is 5.50. The Balaban J connectivity index is 1.52. The summed E-state index contributed by atoms with van der Waals surface area (Å²) in [7, 11) is 0. The number of hydrogen-bond acceptors (Lipinski definition) is 7. The summed E-state index contributed by atoms with van der Waals surface area (Å²) in [5.41, 5.74) is 1.65. The van der Waals surface area contributed by atoms with E-state index in [1.165, 1.54) is 11.3 Å². The van der Waals surface area contributed by atoms with Crippen molar-refractivity contribution < 1.29 is 0 Å². The Kier molecular flexibility index (Phi) is 3.20. The highest BCUT2D eigenvalue weighted by molar-refractivity contribution is 7.18. The van der Waals surface area contributed by atoms with Crippen LogP contribution in [0.4, 0.5) is 5.13 Å². The molecule has 4 rings (SSSR count). The molecule has 108 valence electrons. The van der Waals surface area contributed by atoms with Crippen LogP contribution >= 0.6 is 11.3 Å². The van der Waals surface area contributed by atoms with Gasteiger partial charge in [0.15, 0.2) is 16.5 Å². The maximum atomic E-state index is 4.27. The van der Waals surface area contributed by atoms with E-state index in [4.69, 9.17) is 0 Å². The van der Waals surface area contributed by atoms with E-state index in [9.17, 15) is 0 Å². The number of nitrogens with zero attached hydrogens (tertiary/aromatic N) is 6. The molecule has 4 aromatic rings. The summed E-state index contributed by atoms with van der Waals surface area (Å²) < 4.78 is 1.94. The number of anilines is 1. The first-order valence-corrected chi connectivity index (χ1v) is 7.49. The van der Waals surface area contributed by atoms with Crippen LogP contribution in [0.1, 0.15) is 5.82 Å². The van der Waals surface area contributed by atoms with Crippen LogP contribution in [0, 0.1) is 0 Å². The van der Waals surface area contributed by atoms with Crippen LogP contribution in [-0.2, 0) is 6.54 Å². The Morgan fingerprint density at radius 2 is 1.95 bits per heavy atom. The van der Waals surface area contributed by atoms with E-state index in [-0.39, 0.29) is 0 Å². The van der Waals surface area contributed by atoms with Crippen LogP contribution in [0.5, 0.6) is 0 Å².